The summed E-state index contributed by atoms with van der Waals surface area (Å²) >= 11 is 0. The van der Waals surface area contributed by atoms with E-state index in [1.807, 2.05) is 0 Å². The molecule has 0 radical (unpaired) electrons. The quantitative estimate of drug-likeness (QED) is 0.544. The van der Waals surface area contributed by atoms with E-state index in [1.54, 1.807) is 0 Å². The summed E-state index contributed by atoms with van der Waals surface area (Å²) in [6.07, 6.45) is 5.60. The predicted octanol–water partition coefficient (Wildman–Crippen LogP) is 3.18. The van der Waals surface area contributed by atoms with Crippen LogP contribution in [0.4, 0.5) is 0 Å². The Morgan fingerprint density at radius 2 is 1.83 bits per heavy atom. The molecule has 1 aromatic carbocycles. The van der Waals surface area contributed by atoms with Crippen LogP contribution in [0.1, 0.15) is 27.8 Å². The van der Waals surface area contributed by atoms with Crippen molar-refractivity contribution in [2.75, 3.05) is 0 Å². The molecule has 0 saturated heterocycles. The molecule has 12 heavy (non-hydrogen) atoms. The molecule has 62 valence electrons. The fourth-order valence-corrected chi connectivity index (χ4v) is 1.89. The molecule has 0 heteroatoms. The lowest BCUT2D eigenvalue weighted by Gasteiger charge is -2.10. The SMILES string of the molecule is Cc1cc2c(c(C)c1C)CC=C2. The molecule has 1 aliphatic rings. The normalized spacial score (nSPS) is 13.6. The highest BCUT2D eigenvalue weighted by molar-refractivity contribution is 5.64. The number of allylic oxidation sites excluding steroid dienone is 1. The van der Waals surface area contributed by atoms with E-state index in [-0.39, 0.29) is 0 Å². The van der Waals surface area contributed by atoms with E-state index in [9.17, 15) is 0 Å². The fraction of sp³-hybridized carbons (Fsp3) is 0.333. The van der Waals surface area contributed by atoms with Gasteiger partial charge in [0.25, 0.3) is 0 Å². The van der Waals surface area contributed by atoms with Crippen LogP contribution in [-0.2, 0) is 6.42 Å². The zero-order valence-corrected chi connectivity index (χ0v) is 7.94. The molecule has 0 spiro atoms. The lowest BCUT2D eigenvalue weighted by atomic mass is 9.95. The molecule has 0 N–H and O–H groups in total. The first-order valence-corrected chi connectivity index (χ1v) is 4.46. The van der Waals surface area contributed by atoms with Crippen molar-refractivity contribution in [2.45, 2.75) is 27.2 Å². The Morgan fingerprint density at radius 1 is 1.08 bits per heavy atom. The molecule has 1 aliphatic carbocycles. The maximum Gasteiger partial charge on any atom is -0.00854 e. The fourth-order valence-electron chi connectivity index (χ4n) is 1.89. The molecule has 1 aromatic rings. The monoisotopic (exact) mass is 158 g/mol. The van der Waals surface area contributed by atoms with Crippen LogP contribution in [0.3, 0.4) is 0 Å². The summed E-state index contributed by atoms with van der Waals surface area (Å²) in [5, 5.41) is 0. The number of aryl methyl sites for hydroxylation is 1. The third-order valence-electron chi connectivity index (χ3n) is 2.95. The first-order valence-electron chi connectivity index (χ1n) is 4.46. The van der Waals surface area contributed by atoms with Gasteiger partial charge in [-0.2, -0.15) is 0 Å². The first-order chi connectivity index (χ1) is 5.70. The summed E-state index contributed by atoms with van der Waals surface area (Å²) in [6.45, 7) is 6.63. The molecule has 0 heterocycles. The van der Waals surface area contributed by atoms with Crippen LogP contribution in [0.15, 0.2) is 12.1 Å². The summed E-state index contributed by atoms with van der Waals surface area (Å²) in [6, 6.07) is 2.29. The summed E-state index contributed by atoms with van der Waals surface area (Å²) in [5.41, 5.74) is 7.30. The Labute approximate surface area is 73.9 Å². The van der Waals surface area contributed by atoms with Crippen molar-refractivity contribution < 1.29 is 0 Å². The average molecular weight is 158 g/mol. The van der Waals surface area contributed by atoms with Crippen LogP contribution >= 0.6 is 0 Å². The van der Waals surface area contributed by atoms with Crippen molar-refractivity contribution in [3.63, 3.8) is 0 Å². The van der Waals surface area contributed by atoms with Crippen molar-refractivity contribution in [1.82, 2.24) is 0 Å². The van der Waals surface area contributed by atoms with Crippen LogP contribution in [0.2, 0.25) is 0 Å². The maximum atomic E-state index is 2.29. The number of hydrogen-bond donors (Lipinski definition) is 0. The predicted molar refractivity (Wildman–Crippen MR) is 53.4 cm³/mol. The molecule has 0 bridgehead atoms. The van der Waals surface area contributed by atoms with Crippen LogP contribution in [0.25, 0.3) is 6.08 Å². The van der Waals surface area contributed by atoms with Crippen LogP contribution in [0.5, 0.6) is 0 Å². The van der Waals surface area contributed by atoms with Crippen LogP contribution in [0, 0.1) is 20.8 Å². The highest BCUT2D eigenvalue weighted by Crippen LogP contribution is 2.27. The van der Waals surface area contributed by atoms with Gasteiger partial charge in [0.1, 0.15) is 0 Å². The number of hydrogen-bond acceptors (Lipinski definition) is 0. The van der Waals surface area contributed by atoms with E-state index < -0.39 is 0 Å². The molecule has 0 aromatic heterocycles. The van der Waals surface area contributed by atoms with Gasteiger partial charge in [0.2, 0.25) is 0 Å². The topological polar surface area (TPSA) is 0 Å². The molecule has 2 rings (SSSR count). The Balaban J connectivity index is 2.72. The highest BCUT2D eigenvalue weighted by atomic mass is 14.2. The van der Waals surface area contributed by atoms with Gasteiger partial charge < -0.3 is 0 Å². The van der Waals surface area contributed by atoms with Gasteiger partial charge >= 0.3 is 0 Å². The Bertz CT molecular complexity index is 357. The van der Waals surface area contributed by atoms with Gasteiger partial charge in [-0.3, -0.25) is 0 Å². The second-order valence-electron chi connectivity index (χ2n) is 3.62. The summed E-state index contributed by atoms with van der Waals surface area (Å²) in [7, 11) is 0. The minimum absolute atomic E-state index is 1.13. The minimum Gasteiger partial charge on any atom is -0.0795 e. The van der Waals surface area contributed by atoms with Crippen LogP contribution in [-0.4, -0.2) is 0 Å². The number of benzene rings is 1. The molecule has 0 nitrogen and oxygen atoms in total. The molecular weight excluding hydrogens is 144 g/mol. The lowest BCUT2D eigenvalue weighted by molar-refractivity contribution is 1.17. The molecular formula is C12H14. The van der Waals surface area contributed by atoms with Gasteiger partial charge in [0.05, 0.1) is 0 Å². The molecule has 0 fully saturated rings. The molecule has 0 atom stereocenters. The van der Waals surface area contributed by atoms with E-state index in [0.29, 0.717) is 0 Å². The standard InChI is InChI=1S/C12H14/c1-8-7-11-5-4-6-12(11)10(3)9(8)2/h4-5,7H,6H2,1-3H3. The summed E-state index contributed by atoms with van der Waals surface area (Å²) < 4.78 is 0. The molecule has 0 amide bonds. The Hall–Kier alpha value is -1.04. The van der Waals surface area contributed by atoms with Gasteiger partial charge in [0.15, 0.2) is 0 Å². The second-order valence-corrected chi connectivity index (χ2v) is 3.62. The van der Waals surface area contributed by atoms with Gasteiger partial charge in [-0.15, -0.1) is 0 Å². The highest BCUT2D eigenvalue weighted by Gasteiger charge is 2.10. The Kier molecular flexibility index (Phi) is 1.57. The largest absolute Gasteiger partial charge is 0.0795 e. The van der Waals surface area contributed by atoms with Crippen molar-refractivity contribution in [1.29, 1.82) is 0 Å². The summed E-state index contributed by atoms with van der Waals surface area (Å²) in [5.74, 6) is 0. The maximum absolute atomic E-state index is 2.29. The average Bonchev–Trinajstić information content (AvgIpc) is 2.48. The van der Waals surface area contributed by atoms with Crippen molar-refractivity contribution in [2.24, 2.45) is 0 Å². The van der Waals surface area contributed by atoms with Gasteiger partial charge in [-0.1, -0.05) is 18.2 Å². The van der Waals surface area contributed by atoms with Gasteiger partial charge in [-0.25, -0.2) is 0 Å². The molecule has 0 unspecified atom stereocenters. The van der Waals surface area contributed by atoms with Crippen molar-refractivity contribution in [3.8, 4) is 0 Å². The van der Waals surface area contributed by atoms with Crippen LogP contribution < -0.4 is 0 Å². The smallest absolute Gasteiger partial charge is 0.00854 e. The Morgan fingerprint density at radius 3 is 2.58 bits per heavy atom. The third-order valence-corrected chi connectivity index (χ3v) is 2.95. The summed E-state index contributed by atoms with van der Waals surface area (Å²) in [4.78, 5) is 0. The van der Waals surface area contributed by atoms with E-state index in [2.05, 4.69) is 39.0 Å². The van der Waals surface area contributed by atoms with Crippen molar-refractivity contribution >= 4 is 6.08 Å². The zero-order valence-electron chi connectivity index (χ0n) is 7.94. The zero-order chi connectivity index (χ0) is 8.72. The van der Waals surface area contributed by atoms with E-state index in [1.165, 1.54) is 27.8 Å². The van der Waals surface area contributed by atoms with Gasteiger partial charge in [-0.05, 0) is 55.0 Å². The van der Waals surface area contributed by atoms with Crippen molar-refractivity contribution in [3.05, 3.63) is 40.0 Å². The third kappa shape index (κ3) is 0.911. The lowest BCUT2D eigenvalue weighted by Crippen LogP contribution is -1.94. The van der Waals surface area contributed by atoms with E-state index in [0.717, 1.165) is 6.42 Å². The molecule has 0 aliphatic heterocycles. The molecule has 0 saturated carbocycles. The minimum atomic E-state index is 1.13. The van der Waals surface area contributed by atoms with Gasteiger partial charge in [0, 0.05) is 0 Å². The van der Waals surface area contributed by atoms with E-state index in [4.69, 9.17) is 0 Å². The second kappa shape index (κ2) is 2.48. The number of rotatable bonds is 0. The first kappa shape index (κ1) is 7.60. The van der Waals surface area contributed by atoms with E-state index >= 15 is 0 Å². The number of fused-ring (bicyclic) bond motifs is 1.